The van der Waals surface area contributed by atoms with Crippen LogP contribution in [0.5, 0.6) is 0 Å². The van der Waals surface area contributed by atoms with Gasteiger partial charge in [0.25, 0.3) is 0 Å². The Balaban J connectivity index is 4.17. The minimum Gasteiger partial charge on any atom is -0.396 e. The van der Waals surface area contributed by atoms with Crippen LogP contribution in [0.25, 0.3) is 0 Å². The van der Waals surface area contributed by atoms with Crippen molar-refractivity contribution >= 4 is 5.91 Å². The lowest BCUT2D eigenvalue weighted by Crippen LogP contribution is -2.42. The van der Waals surface area contributed by atoms with E-state index in [0.29, 0.717) is 0 Å². The number of nitrogens with two attached hydrogens (primary N) is 1. The maximum atomic E-state index is 10.4. The molecule has 0 aromatic rings. The fourth-order valence-electron chi connectivity index (χ4n) is 0.472. The summed E-state index contributed by atoms with van der Waals surface area (Å²) in [6.07, 6.45) is -1.28. The van der Waals surface area contributed by atoms with Gasteiger partial charge in [-0.2, -0.15) is 0 Å². The number of aliphatic hydroxyl groups excluding tert-OH is 2. The molecule has 0 aromatic heterocycles. The first-order chi connectivity index (χ1) is 4.41. The van der Waals surface area contributed by atoms with Crippen LogP contribution in [0.4, 0.5) is 0 Å². The van der Waals surface area contributed by atoms with Gasteiger partial charge in [-0.1, -0.05) is 13.8 Å². The molecule has 0 spiro atoms. The van der Waals surface area contributed by atoms with Gasteiger partial charge in [0.1, 0.15) is 6.10 Å². The van der Waals surface area contributed by atoms with Gasteiger partial charge >= 0.3 is 0 Å². The van der Waals surface area contributed by atoms with Gasteiger partial charge in [-0.25, -0.2) is 0 Å². The first-order valence-electron chi connectivity index (χ1n) is 3.00. The highest BCUT2D eigenvalue weighted by molar-refractivity contribution is 5.79. The van der Waals surface area contributed by atoms with E-state index in [1.54, 1.807) is 13.8 Å². The van der Waals surface area contributed by atoms with Gasteiger partial charge in [-0.3, -0.25) is 4.79 Å². The summed E-state index contributed by atoms with van der Waals surface area (Å²) in [7, 11) is 0. The molecule has 0 rings (SSSR count). The van der Waals surface area contributed by atoms with Gasteiger partial charge in [-0.05, 0) is 0 Å². The van der Waals surface area contributed by atoms with Gasteiger partial charge in [0.15, 0.2) is 0 Å². The average Bonchev–Trinajstić information content (AvgIpc) is 1.86. The number of aliphatic hydroxyl groups is 2. The van der Waals surface area contributed by atoms with E-state index in [-0.39, 0.29) is 6.61 Å². The van der Waals surface area contributed by atoms with Gasteiger partial charge in [0.05, 0.1) is 6.61 Å². The van der Waals surface area contributed by atoms with Crippen molar-refractivity contribution in [2.24, 2.45) is 11.1 Å². The summed E-state index contributed by atoms with van der Waals surface area (Å²) in [4.78, 5) is 10.4. The normalized spacial score (nSPS) is 14.8. The summed E-state index contributed by atoms with van der Waals surface area (Å²) < 4.78 is 0. The smallest absolute Gasteiger partial charge is 0.246 e. The fraction of sp³-hybridized carbons (Fsp3) is 0.833. The minimum absolute atomic E-state index is 0.267. The number of primary amides is 1. The summed E-state index contributed by atoms with van der Waals surface area (Å²) >= 11 is 0. The van der Waals surface area contributed by atoms with E-state index in [1.807, 2.05) is 0 Å². The number of carbonyl (C=O) groups is 1. The van der Waals surface area contributed by atoms with Crippen LogP contribution in [0.15, 0.2) is 0 Å². The molecule has 4 nitrogen and oxygen atoms in total. The maximum absolute atomic E-state index is 10.4. The van der Waals surface area contributed by atoms with Crippen molar-refractivity contribution < 1.29 is 15.0 Å². The summed E-state index contributed by atoms with van der Waals surface area (Å²) in [5, 5.41) is 17.7. The minimum atomic E-state index is -1.28. The second-order valence-corrected chi connectivity index (χ2v) is 2.95. The van der Waals surface area contributed by atoms with E-state index in [2.05, 4.69) is 0 Å². The first kappa shape index (κ1) is 9.39. The van der Waals surface area contributed by atoms with Gasteiger partial charge in [0.2, 0.25) is 5.91 Å². The largest absolute Gasteiger partial charge is 0.396 e. The Morgan fingerprint density at radius 1 is 1.70 bits per heavy atom. The van der Waals surface area contributed by atoms with Crippen LogP contribution in [0, 0.1) is 5.41 Å². The third-order valence-electron chi connectivity index (χ3n) is 1.42. The molecule has 1 unspecified atom stereocenters. The number of rotatable bonds is 3. The highest BCUT2D eigenvalue weighted by atomic mass is 16.3. The summed E-state index contributed by atoms with van der Waals surface area (Å²) in [6, 6.07) is 0. The Hall–Kier alpha value is -0.610. The topological polar surface area (TPSA) is 83.6 Å². The molecule has 0 bridgehead atoms. The highest BCUT2D eigenvalue weighted by Crippen LogP contribution is 2.18. The molecule has 10 heavy (non-hydrogen) atoms. The maximum Gasteiger partial charge on any atom is 0.246 e. The van der Waals surface area contributed by atoms with Gasteiger partial charge in [-0.15, -0.1) is 0 Å². The highest BCUT2D eigenvalue weighted by Gasteiger charge is 2.31. The standard InChI is InChI=1S/C6H13NO3/c1-6(2,3-8)4(9)5(7)10/h4,8-9H,3H2,1-2H3,(H2,7,10). The van der Waals surface area contributed by atoms with Crippen LogP contribution in [0.1, 0.15) is 13.8 Å². The predicted molar refractivity (Wildman–Crippen MR) is 36.1 cm³/mol. The van der Waals surface area contributed by atoms with Crippen molar-refractivity contribution in [2.45, 2.75) is 20.0 Å². The molecule has 0 aromatic carbocycles. The quantitative estimate of drug-likeness (QED) is 0.471. The fourth-order valence-corrected chi connectivity index (χ4v) is 0.472. The Kier molecular flexibility index (Phi) is 2.80. The predicted octanol–water partition coefficient (Wildman–Crippen LogP) is -1.15. The molecule has 0 heterocycles. The monoisotopic (exact) mass is 147 g/mol. The molecule has 1 atom stereocenters. The first-order valence-corrected chi connectivity index (χ1v) is 3.00. The second-order valence-electron chi connectivity index (χ2n) is 2.95. The molecule has 0 aliphatic heterocycles. The van der Waals surface area contributed by atoms with Crippen LogP contribution in [0.2, 0.25) is 0 Å². The van der Waals surface area contributed by atoms with E-state index in [9.17, 15) is 4.79 Å². The van der Waals surface area contributed by atoms with Crippen LogP contribution < -0.4 is 5.73 Å². The van der Waals surface area contributed by atoms with Crippen LogP contribution >= 0.6 is 0 Å². The molecule has 0 saturated carbocycles. The van der Waals surface area contributed by atoms with E-state index < -0.39 is 17.4 Å². The van der Waals surface area contributed by atoms with Crippen molar-refractivity contribution in [1.29, 1.82) is 0 Å². The zero-order chi connectivity index (χ0) is 8.36. The third kappa shape index (κ3) is 1.97. The summed E-state index contributed by atoms with van der Waals surface area (Å²) in [6.45, 7) is 2.85. The molecular formula is C6H13NO3. The Labute approximate surface area is 59.7 Å². The lowest BCUT2D eigenvalue weighted by molar-refractivity contribution is -0.133. The molecule has 0 aliphatic rings. The lowest BCUT2D eigenvalue weighted by atomic mass is 9.87. The van der Waals surface area contributed by atoms with Crippen LogP contribution in [0.3, 0.4) is 0 Å². The Bertz CT molecular complexity index is 133. The van der Waals surface area contributed by atoms with Crippen molar-refractivity contribution in [3.05, 3.63) is 0 Å². The molecule has 0 radical (unpaired) electrons. The molecule has 4 N–H and O–H groups in total. The van der Waals surface area contributed by atoms with Crippen molar-refractivity contribution in [1.82, 2.24) is 0 Å². The van der Waals surface area contributed by atoms with Crippen molar-refractivity contribution in [3.8, 4) is 0 Å². The molecular weight excluding hydrogens is 134 g/mol. The van der Waals surface area contributed by atoms with E-state index in [4.69, 9.17) is 15.9 Å². The zero-order valence-corrected chi connectivity index (χ0v) is 6.16. The number of amides is 1. The van der Waals surface area contributed by atoms with Crippen molar-refractivity contribution in [2.75, 3.05) is 6.61 Å². The second kappa shape index (κ2) is 2.98. The van der Waals surface area contributed by atoms with Gasteiger partial charge < -0.3 is 15.9 Å². The molecule has 4 heteroatoms. The zero-order valence-electron chi connectivity index (χ0n) is 6.16. The molecule has 0 saturated heterocycles. The lowest BCUT2D eigenvalue weighted by Gasteiger charge is -2.25. The third-order valence-corrected chi connectivity index (χ3v) is 1.42. The van der Waals surface area contributed by atoms with Crippen molar-refractivity contribution in [3.63, 3.8) is 0 Å². The molecule has 0 aliphatic carbocycles. The molecule has 0 fully saturated rings. The van der Waals surface area contributed by atoms with Gasteiger partial charge in [0, 0.05) is 5.41 Å². The van der Waals surface area contributed by atoms with E-state index in [0.717, 1.165) is 0 Å². The van der Waals surface area contributed by atoms with Crippen LogP contribution in [-0.2, 0) is 4.79 Å². The summed E-state index contributed by atoms with van der Waals surface area (Å²) in [5.74, 6) is -0.806. The number of hydrogen-bond donors (Lipinski definition) is 3. The number of hydrogen-bond acceptors (Lipinski definition) is 3. The Morgan fingerprint density at radius 3 is 2.20 bits per heavy atom. The van der Waals surface area contributed by atoms with Crippen LogP contribution in [-0.4, -0.2) is 28.8 Å². The SMILES string of the molecule is CC(C)(CO)C(O)C(N)=O. The summed E-state index contributed by atoms with van der Waals surface area (Å²) in [5.41, 5.74) is 3.96. The Morgan fingerprint density at radius 2 is 2.10 bits per heavy atom. The molecule has 60 valence electrons. The number of carbonyl (C=O) groups excluding carboxylic acids is 1. The molecule has 1 amide bonds. The van der Waals surface area contributed by atoms with E-state index >= 15 is 0 Å². The van der Waals surface area contributed by atoms with E-state index in [1.165, 1.54) is 0 Å². The average molecular weight is 147 g/mol.